The van der Waals surface area contributed by atoms with Crippen LogP contribution in [0, 0.1) is 0 Å². The van der Waals surface area contributed by atoms with Gasteiger partial charge in [-0.3, -0.25) is 0 Å². The fourth-order valence-corrected chi connectivity index (χ4v) is 3.47. The van der Waals surface area contributed by atoms with E-state index in [4.69, 9.17) is 15.2 Å². The summed E-state index contributed by atoms with van der Waals surface area (Å²) in [5.74, 6) is 0.913. The minimum atomic E-state index is -3.56. The highest BCUT2D eigenvalue weighted by Crippen LogP contribution is 2.27. The monoisotopic (exact) mass is 307 g/mol. The van der Waals surface area contributed by atoms with E-state index >= 15 is 0 Å². The van der Waals surface area contributed by atoms with Gasteiger partial charge in [-0.1, -0.05) is 12.1 Å². The molecule has 0 saturated carbocycles. The quantitative estimate of drug-likeness (QED) is 0.857. The van der Waals surface area contributed by atoms with Crippen molar-refractivity contribution in [2.45, 2.75) is 10.6 Å². The SMILES string of the molecule is COc1cccc(CS(=O)(=O)c2cc(OC)ccc2N)c1. The predicted molar refractivity (Wildman–Crippen MR) is 81.3 cm³/mol. The maximum Gasteiger partial charge on any atom is 0.184 e. The van der Waals surface area contributed by atoms with Crippen LogP contribution in [0.4, 0.5) is 5.69 Å². The van der Waals surface area contributed by atoms with E-state index in [0.29, 0.717) is 17.1 Å². The first-order valence-electron chi connectivity index (χ1n) is 6.25. The second-order valence-electron chi connectivity index (χ2n) is 4.51. The second kappa shape index (κ2) is 6.05. The molecule has 0 bridgehead atoms. The third-order valence-corrected chi connectivity index (χ3v) is 4.78. The van der Waals surface area contributed by atoms with E-state index in [1.165, 1.54) is 26.4 Å². The van der Waals surface area contributed by atoms with Crippen molar-refractivity contribution in [2.75, 3.05) is 20.0 Å². The molecule has 0 atom stereocenters. The summed E-state index contributed by atoms with van der Waals surface area (Å²) in [7, 11) is -0.551. The van der Waals surface area contributed by atoms with Crippen LogP contribution in [-0.2, 0) is 15.6 Å². The lowest BCUT2D eigenvalue weighted by Gasteiger charge is -2.10. The summed E-state index contributed by atoms with van der Waals surface area (Å²) in [6, 6.07) is 11.5. The lowest BCUT2D eigenvalue weighted by atomic mass is 10.2. The first-order valence-corrected chi connectivity index (χ1v) is 7.90. The highest BCUT2D eigenvalue weighted by atomic mass is 32.2. The minimum absolute atomic E-state index is 0.0738. The van der Waals surface area contributed by atoms with Crippen LogP contribution in [0.3, 0.4) is 0 Å². The zero-order valence-corrected chi connectivity index (χ0v) is 12.7. The molecule has 0 fully saturated rings. The molecule has 0 spiro atoms. The summed E-state index contributed by atoms with van der Waals surface area (Å²) >= 11 is 0. The Balaban J connectivity index is 2.38. The van der Waals surface area contributed by atoms with Gasteiger partial charge in [0, 0.05) is 6.07 Å². The molecule has 2 aromatic rings. The highest BCUT2D eigenvalue weighted by Gasteiger charge is 2.19. The van der Waals surface area contributed by atoms with Crippen LogP contribution in [0.1, 0.15) is 5.56 Å². The number of ether oxygens (including phenoxy) is 2. The van der Waals surface area contributed by atoms with Crippen molar-refractivity contribution in [3.8, 4) is 11.5 Å². The predicted octanol–water partition coefficient (Wildman–Crippen LogP) is 2.26. The van der Waals surface area contributed by atoms with Gasteiger partial charge in [-0.15, -0.1) is 0 Å². The summed E-state index contributed by atoms with van der Waals surface area (Å²) < 4.78 is 35.2. The molecule has 0 saturated heterocycles. The first kappa shape index (κ1) is 15.2. The lowest BCUT2D eigenvalue weighted by Crippen LogP contribution is -2.08. The number of benzene rings is 2. The Bertz CT molecular complexity index is 741. The van der Waals surface area contributed by atoms with Crippen molar-refractivity contribution in [3.05, 3.63) is 48.0 Å². The van der Waals surface area contributed by atoms with Gasteiger partial charge in [-0.05, 0) is 29.8 Å². The second-order valence-corrected chi connectivity index (χ2v) is 6.47. The Morgan fingerprint density at radius 1 is 1.00 bits per heavy atom. The fourth-order valence-electron chi connectivity index (χ4n) is 1.97. The molecular formula is C15H17NO4S. The molecule has 0 aliphatic heterocycles. The Morgan fingerprint density at radius 3 is 2.33 bits per heavy atom. The van der Waals surface area contributed by atoms with Crippen LogP contribution in [-0.4, -0.2) is 22.6 Å². The lowest BCUT2D eigenvalue weighted by molar-refractivity contribution is 0.413. The number of rotatable bonds is 5. The molecule has 21 heavy (non-hydrogen) atoms. The van der Waals surface area contributed by atoms with Crippen LogP contribution in [0.25, 0.3) is 0 Å². The highest BCUT2D eigenvalue weighted by molar-refractivity contribution is 7.90. The van der Waals surface area contributed by atoms with Crippen molar-refractivity contribution in [1.82, 2.24) is 0 Å². The van der Waals surface area contributed by atoms with Crippen molar-refractivity contribution in [1.29, 1.82) is 0 Å². The molecular weight excluding hydrogens is 290 g/mol. The van der Waals surface area contributed by atoms with Gasteiger partial charge in [0.2, 0.25) is 0 Å². The number of methoxy groups -OCH3 is 2. The average molecular weight is 307 g/mol. The fraction of sp³-hybridized carbons (Fsp3) is 0.200. The van der Waals surface area contributed by atoms with E-state index in [1.807, 2.05) is 0 Å². The number of hydrogen-bond acceptors (Lipinski definition) is 5. The van der Waals surface area contributed by atoms with Crippen LogP contribution < -0.4 is 15.2 Å². The summed E-state index contributed by atoms with van der Waals surface area (Å²) in [5.41, 5.74) is 6.62. The molecule has 0 radical (unpaired) electrons. The molecule has 6 heteroatoms. The van der Waals surface area contributed by atoms with Gasteiger partial charge in [-0.25, -0.2) is 8.42 Å². The van der Waals surface area contributed by atoms with E-state index in [9.17, 15) is 8.42 Å². The smallest absolute Gasteiger partial charge is 0.184 e. The third-order valence-electron chi connectivity index (χ3n) is 3.05. The zero-order chi connectivity index (χ0) is 15.5. The molecule has 2 N–H and O–H groups in total. The van der Waals surface area contributed by atoms with Crippen LogP contribution >= 0.6 is 0 Å². The van der Waals surface area contributed by atoms with Gasteiger partial charge in [0.15, 0.2) is 9.84 Å². The minimum Gasteiger partial charge on any atom is -0.497 e. The summed E-state index contributed by atoms with van der Waals surface area (Å²) in [5, 5.41) is 0. The molecule has 0 amide bonds. The first-order chi connectivity index (χ1) is 9.96. The maximum absolute atomic E-state index is 12.5. The normalized spacial score (nSPS) is 11.1. The molecule has 0 heterocycles. The topological polar surface area (TPSA) is 78.6 Å². The van der Waals surface area contributed by atoms with Crippen LogP contribution in [0.2, 0.25) is 0 Å². The number of nitrogens with two attached hydrogens (primary N) is 1. The van der Waals surface area contributed by atoms with E-state index < -0.39 is 9.84 Å². The molecule has 0 aliphatic carbocycles. The Kier molecular flexibility index (Phi) is 4.37. The summed E-state index contributed by atoms with van der Waals surface area (Å²) in [6.07, 6.45) is 0. The van der Waals surface area contributed by atoms with Crippen molar-refractivity contribution >= 4 is 15.5 Å². The standard InChI is InChI=1S/C15H17NO4S/c1-19-12-5-3-4-11(8-12)10-21(17,18)15-9-13(20-2)6-7-14(15)16/h3-9H,10,16H2,1-2H3. The largest absolute Gasteiger partial charge is 0.497 e. The van der Waals surface area contributed by atoms with Gasteiger partial charge < -0.3 is 15.2 Å². The van der Waals surface area contributed by atoms with E-state index in [1.54, 1.807) is 30.3 Å². The Morgan fingerprint density at radius 2 is 1.67 bits per heavy atom. The van der Waals surface area contributed by atoms with Crippen molar-refractivity contribution in [3.63, 3.8) is 0 Å². The van der Waals surface area contributed by atoms with Gasteiger partial charge >= 0.3 is 0 Å². The Hall–Kier alpha value is -2.21. The van der Waals surface area contributed by atoms with Gasteiger partial charge in [0.05, 0.1) is 30.6 Å². The van der Waals surface area contributed by atoms with E-state index in [-0.39, 0.29) is 16.3 Å². The number of sulfone groups is 1. The third kappa shape index (κ3) is 3.46. The molecule has 2 rings (SSSR count). The van der Waals surface area contributed by atoms with Crippen molar-refractivity contribution < 1.29 is 17.9 Å². The van der Waals surface area contributed by atoms with Gasteiger partial charge in [-0.2, -0.15) is 0 Å². The average Bonchev–Trinajstić information content (AvgIpc) is 2.47. The van der Waals surface area contributed by atoms with E-state index in [2.05, 4.69) is 0 Å². The Labute approximate surface area is 124 Å². The summed E-state index contributed by atoms with van der Waals surface area (Å²) in [4.78, 5) is 0.0738. The number of anilines is 1. The van der Waals surface area contributed by atoms with Crippen LogP contribution in [0.5, 0.6) is 11.5 Å². The maximum atomic E-state index is 12.5. The molecule has 112 valence electrons. The van der Waals surface area contributed by atoms with Crippen molar-refractivity contribution in [2.24, 2.45) is 0 Å². The van der Waals surface area contributed by atoms with E-state index in [0.717, 1.165) is 0 Å². The van der Waals surface area contributed by atoms with Gasteiger partial charge in [0.25, 0.3) is 0 Å². The number of hydrogen-bond donors (Lipinski definition) is 1. The summed E-state index contributed by atoms with van der Waals surface area (Å²) in [6.45, 7) is 0. The van der Waals surface area contributed by atoms with Crippen LogP contribution in [0.15, 0.2) is 47.4 Å². The molecule has 0 aromatic heterocycles. The molecule has 0 aliphatic rings. The molecule has 0 unspecified atom stereocenters. The molecule has 5 nitrogen and oxygen atoms in total. The van der Waals surface area contributed by atoms with Gasteiger partial charge in [0.1, 0.15) is 11.5 Å². The zero-order valence-electron chi connectivity index (χ0n) is 11.9. The number of nitrogen functional groups attached to an aromatic ring is 1. The molecule has 2 aromatic carbocycles.